The Balaban J connectivity index is 1.74. The van der Waals surface area contributed by atoms with Gasteiger partial charge in [0.25, 0.3) is 5.91 Å². The Morgan fingerprint density at radius 3 is 2.41 bits per heavy atom. The van der Waals surface area contributed by atoms with E-state index in [1.54, 1.807) is 45.2 Å². The summed E-state index contributed by atoms with van der Waals surface area (Å²) in [6, 6.07) is 5.58. The highest BCUT2D eigenvalue weighted by Crippen LogP contribution is 2.43. The summed E-state index contributed by atoms with van der Waals surface area (Å²) in [7, 11) is 1.55. The van der Waals surface area contributed by atoms with E-state index < -0.39 is 30.1 Å². The van der Waals surface area contributed by atoms with Crippen LogP contribution in [0.1, 0.15) is 35.6 Å². The average molecular weight is 443 g/mol. The minimum Gasteiger partial charge on any atom is -0.507 e. The van der Waals surface area contributed by atoms with Crippen LogP contribution in [-0.2, 0) is 16.0 Å². The van der Waals surface area contributed by atoms with E-state index in [1.165, 1.54) is 0 Å². The quantitative estimate of drug-likeness (QED) is 0.546. The molecule has 0 spiro atoms. The van der Waals surface area contributed by atoms with Crippen LogP contribution < -0.4 is 20.1 Å². The molecule has 8 nitrogen and oxygen atoms in total. The molecule has 0 aromatic heterocycles. The molecule has 1 heterocycles. The maximum absolute atomic E-state index is 13.1. The molecule has 0 saturated carbocycles. The van der Waals surface area contributed by atoms with Crippen molar-refractivity contribution in [3.05, 3.63) is 46.5 Å². The number of anilines is 1. The molecule has 0 fully saturated rings. The number of hydrogen-bond donors (Lipinski definition) is 4. The Labute approximate surface area is 187 Å². The highest BCUT2D eigenvalue weighted by Gasteiger charge is 2.42. The number of phenols is 1. The smallest absolute Gasteiger partial charge is 0.264 e. The van der Waals surface area contributed by atoms with Crippen LogP contribution in [0.3, 0.4) is 0 Å². The lowest BCUT2D eigenvalue weighted by Crippen LogP contribution is -2.56. The number of ether oxygens (including phenoxy) is 2. The van der Waals surface area contributed by atoms with Gasteiger partial charge in [-0.25, -0.2) is 0 Å². The molecule has 1 aliphatic heterocycles. The SMILES string of the molecule is COc1ccc(NC(=O)C(CO)NC(=O)C2(C)CCc3c(C)c(O)c(C)c(C)c3O2)cc1. The summed E-state index contributed by atoms with van der Waals surface area (Å²) in [5.74, 6) is 0.443. The average Bonchev–Trinajstić information content (AvgIpc) is 2.79. The molecule has 3 rings (SSSR count). The van der Waals surface area contributed by atoms with E-state index >= 15 is 0 Å². The van der Waals surface area contributed by atoms with Crippen LogP contribution >= 0.6 is 0 Å². The highest BCUT2D eigenvalue weighted by molar-refractivity contribution is 5.98. The predicted octanol–water partition coefficient (Wildman–Crippen LogP) is 2.53. The summed E-state index contributed by atoms with van der Waals surface area (Å²) < 4.78 is 11.2. The first-order chi connectivity index (χ1) is 15.1. The fraction of sp³-hybridized carbons (Fsp3) is 0.417. The lowest BCUT2D eigenvalue weighted by Gasteiger charge is -2.37. The molecule has 2 amide bonds. The summed E-state index contributed by atoms with van der Waals surface area (Å²) in [5.41, 5.74) is 2.40. The van der Waals surface area contributed by atoms with Gasteiger partial charge in [-0.2, -0.15) is 0 Å². The topological polar surface area (TPSA) is 117 Å². The molecule has 0 radical (unpaired) electrons. The van der Waals surface area contributed by atoms with Gasteiger partial charge in [-0.3, -0.25) is 9.59 Å². The Kier molecular flexibility index (Phi) is 6.64. The van der Waals surface area contributed by atoms with Gasteiger partial charge >= 0.3 is 0 Å². The number of aliphatic hydroxyl groups excluding tert-OH is 1. The molecule has 2 unspecified atom stereocenters. The van der Waals surface area contributed by atoms with Crippen molar-refractivity contribution < 1.29 is 29.3 Å². The molecule has 2 atom stereocenters. The number of carbonyl (C=O) groups excluding carboxylic acids is 2. The number of rotatable bonds is 6. The molecule has 1 aliphatic rings. The number of aromatic hydroxyl groups is 1. The summed E-state index contributed by atoms with van der Waals surface area (Å²) in [6.45, 7) is 6.58. The van der Waals surface area contributed by atoms with Crippen molar-refractivity contribution in [3.8, 4) is 17.2 Å². The number of amides is 2. The molecule has 8 heteroatoms. The Morgan fingerprint density at radius 1 is 1.16 bits per heavy atom. The van der Waals surface area contributed by atoms with E-state index in [4.69, 9.17) is 9.47 Å². The molecule has 2 aromatic carbocycles. The lowest BCUT2D eigenvalue weighted by atomic mass is 9.86. The third-order valence-electron chi connectivity index (χ3n) is 6.16. The summed E-state index contributed by atoms with van der Waals surface area (Å²) >= 11 is 0. The van der Waals surface area contributed by atoms with E-state index in [2.05, 4.69) is 10.6 Å². The normalized spacial score (nSPS) is 18.2. The molecule has 0 bridgehead atoms. The van der Waals surface area contributed by atoms with Crippen molar-refractivity contribution in [3.63, 3.8) is 0 Å². The van der Waals surface area contributed by atoms with Crippen LogP contribution in [-0.4, -0.2) is 47.4 Å². The second-order valence-corrected chi connectivity index (χ2v) is 8.29. The summed E-state index contributed by atoms with van der Waals surface area (Å²) in [4.78, 5) is 25.7. The van der Waals surface area contributed by atoms with Gasteiger partial charge in [-0.1, -0.05) is 0 Å². The van der Waals surface area contributed by atoms with Gasteiger partial charge in [0.1, 0.15) is 23.3 Å². The fourth-order valence-electron chi connectivity index (χ4n) is 3.82. The largest absolute Gasteiger partial charge is 0.507 e. The highest BCUT2D eigenvalue weighted by atomic mass is 16.5. The third-order valence-corrected chi connectivity index (χ3v) is 6.16. The van der Waals surface area contributed by atoms with Gasteiger partial charge in [0.15, 0.2) is 5.60 Å². The second-order valence-electron chi connectivity index (χ2n) is 8.29. The first-order valence-electron chi connectivity index (χ1n) is 10.5. The van der Waals surface area contributed by atoms with Crippen molar-refractivity contribution in [1.29, 1.82) is 0 Å². The van der Waals surface area contributed by atoms with Crippen LogP contribution in [0.25, 0.3) is 0 Å². The number of methoxy groups -OCH3 is 1. The maximum atomic E-state index is 13.1. The number of benzene rings is 2. The van der Waals surface area contributed by atoms with Gasteiger partial charge in [0.05, 0.1) is 13.7 Å². The molecule has 4 N–H and O–H groups in total. The number of aliphatic hydroxyl groups is 1. The molecule has 0 saturated heterocycles. The molecule has 32 heavy (non-hydrogen) atoms. The first kappa shape index (κ1) is 23.4. The van der Waals surface area contributed by atoms with Crippen molar-refractivity contribution in [2.24, 2.45) is 0 Å². The van der Waals surface area contributed by atoms with Gasteiger partial charge in [0, 0.05) is 17.7 Å². The number of nitrogens with one attached hydrogen (secondary N) is 2. The zero-order valence-electron chi connectivity index (χ0n) is 19.0. The molecule has 2 aromatic rings. The summed E-state index contributed by atoms with van der Waals surface area (Å²) in [5, 5.41) is 25.3. The summed E-state index contributed by atoms with van der Waals surface area (Å²) in [6.07, 6.45) is 0.911. The van der Waals surface area contributed by atoms with E-state index in [0.29, 0.717) is 35.6 Å². The molecule has 172 valence electrons. The van der Waals surface area contributed by atoms with Gasteiger partial charge in [0.2, 0.25) is 5.91 Å². The van der Waals surface area contributed by atoms with Gasteiger partial charge in [-0.05, 0) is 75.1 Å². The third kappa shape index (κ3) is 4.36. The van der Waals surface area contributed by atoms with E-state index in [9.17, 15) is 19.8 Å². The number of phenolic OH excluding ortho intramolecular Hbond substituents is 1. The van der Waals surface area contributed by atoms with E-state index in [0.717, 1.165) is 16.7 Å². The van der Waals surface area contributed by atoms with E-state index in [1.807, 2.05) is 13.8 Å². The van der Waals surface area contributed by atoms with E-state index in [-0.39, 0.29) is 5.75 Å². The van der Waals surface area contributed by atoms with Crippen LogP contribution in [0.5, 0.6) is 17.2 Å². The van der Waals surface area contributed by atoms with Crippen molar-refractivity contribution >= 4 is 17.5 Å². The van der Waals surface area contributed by atoms with Gasteiger partial charge in [-0.15, -0.1) is 0 Å². The predicted molar refractivity (Wildman–Crippen MR) is 120 cm³/mol. The minimum atomic E-state index is -1.22. The van der Waals surface area contributed by atoms with Gasteiger partial charge < -0.3 is 30.3 Å². The van der Waals surface area contributed by atoms with Crippen LogP contribution in [0.2, 0.25) is 0 Å². The standard InChI is InChI=1S/C24H30N2O6/c1-13-14(2)21-18(15(3)20(13)28)10-11-24(4,32-21)23(30)26-19(12-27)22(29)25-16-6-8-17(31-5)9-7-16/h6-9,19,27-28H,10-12H2,1-5H3,(H,25,29)(H,26,30). The molecular weight excluding hydrogens is 412 g/mol. The Morgan fingerprint density at radius 2 is 1.81 bits per heavy atom. The van der Waals surface area contributed by atoms with Crippen molar-refractivity contribution in [2.75, 3.05) is 19.0 Å². The fourth-order valence-corrected chi connectivity index (χ4v) is 3.82. The molecule has 0 aliphatic carbocycles. The Hall–Kier alpha value is -3.26. The lowest BCUT2D eigenvalue weighted by molar-refractivity contribution is -0.140. The van der Waals surface area contributed by atoms with Crippen LogP contribution in [0, 0.1) is 20.8 Å². The monoisotopic (exact) mass is 442 g/mol. The zero-order chi connectivity index (χ0) is 23.6. The second kappa shape index (κ2) is 9.08. The maximum Gasteiger partial charge on any atom is 0.264 e. The van der Waals surface area contributed by atoms with Crippen molar-refractivity contribution in [2.45, 2.75) is 52.2 Å². The van der Waals surface area contributed by atoms with Crippen LogP contribution in [0.15, 0.2) is 24.3 Å². The Bertz CT molecular complexity index is 1030. The zero-order valence-corrected chi connectivity index (χ0v) is 19.0. The molecular formula is C24H30N2O6. The first-order valence-corrected chi connectivity index (χ1v) is 10.5. The number of carbonyl (C=O) groups is 2. The van der Waals surface area contributed by atoms with Crippen molar-refractivity contribution in [1.82, 2.24) is 5.32 Å². The number of hydrogen-bond acceptors (Lipinski definition) is 6. The number of fused-ring (bicyclic) bond motifs is 1. The van der Waals surface area contributed by atoms with Crippen LogP contribution in [0.4, 0.5) is 5.69 Å². The minimum absolute atomic E-state index is 0.244.